The zero-order chi connectivity index (χ0) is 20.6. The van der Waals surface area contributed by atoms with Crippen molar-refractivity contribution in [1.82, 2.24) is 9.88 Å². The monoisotopic (exact) mass is 405 g/mol. The summed E-state index contributed by atoms with van der Waals surface area (Å²) in [5, 5.41) is 11.2. The van der Waals surface area contributed by atoms with Gasteiger partial charge in [0.2, 0.25) is 0 Å². The summed E-state index contributed by atoms with van der Waals surface area (Å²) in [6.07, 6.45) is 2.47. The molecule has 0 radical (unpaired) electrons. The maximum absolute atomic E-state index is 13.7. The molecule has 30 heavy (non-hydrogen) atoms. The zero-order valence-corrected chi connectivity index (χ0v) is 17.2. The first kappa shape index (κ1) is 19.5. The van der Waals surface area contributed by atoms with Gasteiger partial charge < -0.3 is 10.0 Å². The smallest absolute Gasteiger partial charge is 0.141 e. The van der Waals surface area contributed by atoms with Gasteiger partial charge in [0.05, 0.1) is 12.2 Å². The number of fused-ring (bicyclic) bond motifs is 3. The average Bonchev–Trinajstić information content (AvgIpc) is 3.20. The van der Waals surface area contributed by atoms with Crippen molar-refractivity contribution in [3.05, 3.63) is 59.3 Å². The standard InChI is InChI=1S/C25H28FN3O/c26-22-11-15-29(17-22)24-7-6-20(23(27-24)16-19-4-2-1-3-5-19)8-12-25(30)18-28-13-9-21(25)10-14-28/h1-7,21-22,30H,9-11,13-18H2/t22-,25+/m0/s1. The molecule has 1 aromatic heterocycles. The minimum absolute atomic E-state index is 0.255. The van der Waals surface area contributed by atoms with Crippen molar-refractivity contribution >= 4 is 5.82 Å². The zero-order valence-electron chi connectivity index (χ0n) is 17.2. The molecule has 0 unspecified atom stereocenters. The molecule has 4 nitrogen and oxygen atoms in total. The lowest BCUT2D eigenvalue weighted by Crippen LogP contribution is -2.58. The van der Waals surface area contributed by atoms with E-state index in [-0.39, 0.29) is 5.92 Å². The molecule has 0 aliphatic carbocycles. The van der Waals surface area contributed by atoms with Crippen LogP contribution in [0.3, 0.4) is 0 Å². The maximum atomic E-state index is 13.7. The van der Waals surface area contributed by atoms with E-state index in [9.17, 15) is 9.50 Å². The molecule has 156 valence electrons. The highest BCUT2D eigenvalue weighted by molar-refractivity contribution is 5.50. The highest BCUT2D eigenvalue weighted by atomic mass is 19.1. The summed E-state index contributed by atoms with van der Waals surface area (Å²) in [7, 11) is 0. The van der Waals surface area contributed by atoms with Crippen molar-refractivity contribution in [3.8, 4) is 11.8 Å². The summed E-state index contributed by atoms with van der Waals surface area (Å²) in [6, 6.07) is 14.1. The Morgan fingerprint density at radius 1 is 1.07 bits per heavy atom. The molecule has 5 heterocycles. The predicted molar refractivity (Wildman–Crippen MR) is 116 cm³/mol. The molecule has 2 bridgehead atoms. The number of halogens is 1. The number of piperidine rings is 3. The third-order valence-electron chi connectivity index (χ3n) is 6.77. The molecule has 2 aromatic rings. The predicted octanol–water partition coefficient (Wildman–Crippen LogP) is 3.03. The molecular formula is C25H28FN3O. The number of hydrogen-bond donors (Lipinski definition) is 1. The molecule has 0 saturated carbocycles. The Morgan fingerprint density at radius 2 is 1.87 bits per heavy atom. The van der Waals surface area contributed by atoms with Crippen LogP contribution in [0.5, 0.6) is 0 Å². The van der Waals surface area contributed by atoms with Crippen LogP contribution in [0, 0.1) is 17.8 Å². The van der Waals surface area contributed by atoms with Gasteiger partial charge in [-0.2, -0.15) is 0 Å². The molecule has 6 rings (SSSR count). The van der Waals surface area contributed by atoms with E-state index in [2.05, 4.69) is 28.9 Å². The number of benzene rings is 1. The van der Waals surface area contributed by atoms with Crippen LogP contribution < -0.4 is 4.90 Å². The molecule has 4 saturated heterocycles. The molecule has 4 fully saturated rings. The van der Waals surface area contributed by atoms with Crippen molar-refractivity contribution in [2.45, 2.75) is 37.5 Å². The minimum Gasteiger partial charge on any atom is -0.376 e. The van der Waals surface area contributed by atoms with E-state index in [1.54, 1.807) is 0 Å². The van der Waals surface area contributed by atoms with Crippen LogP contribution >= 0.6 is 0 Å². The van der Waals surface area contributed by atoms with Crippen molar-refractivity contribution in [2.24, 2.45) is 5.92 Å². The molecule has 0 amide bonds. The molecule has 4 aliphatic rings. The van der Waals surface area contributed by atoms with E-state index >= 15 is 0 Å². The molecule has 2 atom stereocenters. The molecule has 5 heteroatoms. The van der Waals surface area contributed by atoms with Crippen LogP contribution in [0.2, 0.25) is 0 Å². The summed E-state index contributed by atoms with van der Waals surface area (Å²) in [5.41, 5.74) is 1.97. The van der Waals surface area contributed by atoms with Crippen LogP contribution in [-0.2, 0) is 6.42 Å². The Morgan fingerprint density at radius 3 is 2.53 bits per heavy atom. The fourth-order valence-corrected chi connectivity index (χ4v) is 4.99. The third-order valence-corrected chi connectivity index (χ3v) is 6.77. The number of anilines is 1. The second kappa shape index (κ2) is 8.02. The van der Waals surface area contributed by atoms with Gasteiger partial charge in [-0.25, -0.2) is 9.37 Å². The number of rotatable bonds is 3. The first-order valence-electron chi connectivity index (χ1n) is 11.0. The number of aliphatic hydroxyl groups is 1. The normalized spacial score (nSPS) is 30.2. The molecule has 0 spiro atoms. The molecule has 4 aliphatic heterocycles. The van der Waals surface area contributed by atoms with Gasteiger partial charge >= 0.3 is 0 Å². The maximum Gasteiger partial charge on any atom is 0.141 e. The van der Waals surface area contributed by atoms with Gasteiger partial charge in [0, 0.05) is 31.0 Å². The van der Waals surface area contributed by atoms with E-state index in [4.69, 9.17) is 4.98 Å². The second-order valence-corrected chi connectivity index (χ2v) is 8.88. The summed E-state index contributed by atoms with van der Waals surface area (Å²) in [4.78, 5) is 9.20. The summed E-state index contributed by atoms with van der Waals surface area (Å²) in [5.74, 6) is 7.56. The van der Waals surface area contributed by atoms with E-state index in [0.717, 1.165) is 48.6 Å². The first-order valence-corrected chi connectivity index (χ1v) is 11.0. The Labute approximate surface area is 177 Å². The third kappa shape index (κ3) is 3.95. The van der Waals surface area contributed by atoms with Crippen molar-refractivity contribution in [3.63, 3.8) is 0 Å². The van der Waals surface area contributed by atoms with Crippen molar-refractivity contribution in [2.75, 3.05) is 37.6 Å². The average molecular weight is 406 g/mol. The lowest BCUT2D eigenvalue weighted by atomic mass is 9.75. The van der Waals surface area contributed by atoms with E-state index in [1.807, 2.05) is 35.2 Å². The molecule has 1 N–H and O–H groups in total. The number of aromatic nitrogens is 1. The van der Waals surface area contributed by atoms with Crippen molar-refractivity contribution in [1.29, 1.82) is 0 Å². The quantitative estimate of drug-likeness (QED) is 0.797. The van der Waals surface area contributed by atoms with Gasteiger partial charge in [-0.1, -0.05) is 42.2 Å². The Hall–Kier alpha value is -2.42. The number of hydrogen-bond acceptors (Lipinski definition) is 4. The number of nitrogens with zero attached hydrogens (tertiary/aromatic N) is 3. The van der Waals surface area contributed by atoms with Crippen LogP contribution in [-0.4, -0.2) is 59.5 Å². The first-order chi connectivity index (χ1) is 14.6. The van der Waals surface area contributed by atoms with Gasteiger partial charge in [-0.05, 0) is 50.0 Å². The Bertz CT molecular complexity index is 961. The summed E-state index contributed by atoms with van der Waals surface area (Å²) >= 11 is 0. The van der Waals surface area contributed by atoms with Crippen molar-refractivity contribution < 1.29 is 9.50 Å². The van der Waals surface area contributed by atoms with Crippen LogP contribution in [0.1, 0.15) is 36.1 Å². The van der Waals surface area contributed by atoms with Gasteiger partial charge in [-0.3, -0.25) is 4.90 Å². The lowest BCUT2D eigenvalue weighted by molar-refractivity contribution is -0.0713. The van der Waals surface area contributed by atoms with E-state index in [1.165, 1.54) is 0 Å². The van der Waals surface area contributed by atoms with Crippen LogP contribution in [0.15, 0.2) is 42.5 Å². The summed E-state index contributed by atoms with van der Waals surface area (Å²) < 4.78 is 13.7. The fraction of sp³-hybridized carbons (Fsp3) is 0.480. The summed E-state index contributed by atoms with van der Waals surface area (Å²) in [6.45, 7) is 3.86. The minimum atomic E-state index is -0.935. The van der Waals surface area contributed by atoms with Gasteiger partial charge in [0.1, 0.15) is 17.6 Å². The number of alkyl halides is 1. The van der Waals surface area contributed by atoms with Gasteiger partial charge in [0.25, 0.3) is 0 Å². The highest BCUT2D eigenvalue weighted by Gasteiger charge is 2.44. The van der Waals surface area contributed by atoms with Gasteiger partial charge in [-0.15, -0.1) is 0 Å². The van der Waals surface area contributed by atoms with Crippen LogP contribution in [0.25, 0.3) is 0 Å². The van der Waals surface area contributed by atoms with E-state index < -0.39 is 11.8 Å². The number of pyridine rings is 1. The molecular weight excluding hydrogens is 377 g/mol. The van der Waals surface area contributed by atoms with E-state index in [0.29, 0.717) is 32.5 Å². The second-order valence-electron chi connectivity index (χ2n) is 8.88. The highest BCUT2D eigenvalue weighted by Crippen LogP contribution is 2.35. The van der Waals surface area contributed by atoms with Gasteiger partial charge in [0.15, 0.2) is 0 Å². The SMILES string of the molecule is O[C@]1(C#Cc2ccc(N3CC[C@H](F)C3)nc2Cc2ccccc2)CN2CCC1CC2. The topological polar surface area (TPSA) is 39.6 Å². The van der Waals surface area contributed by atoms with Crippen LogP contribution in [0.4, 0.5) is 10.2 Å². The largest absolute Gasteiger partial charge is 0.376 e. The lowest BCUT2D eigenvalue weighted by Gasteiger charge is -2.47. The Balaban J connectivity index is 1.46. The Kier molecular flexibility index (Phi) is 5.22. The molecule has 1 aromatic carbocycles. The fourth-order valence-electron chi connectivity index (χ4n) is 4.99.